The van der Waals surface area contributed by atoms with E-state index in [1.807, 2.05) is 6.92 Å². The first kappa shape index (κ1) is 13.5. The van der Waals surface area contributed by atoms with Crippen molar-refractivity contribution in [3.63, 3.8) is 0 Å². The maximum Gasteiger partial charge on any atom is 0.226 e. The quantitative estimate of drug-likeness (QED) is 0.833. The molecular formula is C13H24N4O. The van der Waals surface area contributed by atoms with Crippen LogP contribution in [-0.2, 0) is 13.0 Å². The maximum atomic E-state index is 5.18. The average Bonchev–Trinajstić information content (AvgIpc) is 2.87. The Hall–Kier alpha value is -0.940. The smallest absolute Gasteiger partial charge is 0.226 e. The lowest BCUT2D eigenvalue weighted by Crippen LogP contribution is -2.46. The summed E-state index contributed by atoms with van der Waals surface area (Å²) in [6, 6.07) is 0.613. The summed E-state index contributed by atoms with van der Waals surface area (Å²) in [5.41, 5.74) is 0. The fourth-order valence-corrected chi connectivity index (χ4v) is 2.50. The lowest BCUT2D eigenvalue weighted by atomic mass is 10.1. The van der Waals surface area contributed by atoms with Crippen LogP contribution in [0, 0.1) is 0 Å². The summed E-state index contributed by atoms with van der Waals surface area (Å²) in [5, 5.41) is 7.53. The van der Waals surface area contributed by atoms with Gasteiger partial charge in [-0.2, -0.15) is 4.98 Å². The largest absolute Gasteiger partial charge is 0.339 e. The van der Waals surface area contributed by atoms with Crippen LogP contribution in [0.25, 0.3) is 0 Å². The normalized spacial score (nSPS) is 20.5. The highest BCUT2D eigenvalue weighted by atomic mass is 16.5. The third-order valence-electron chi connectivity index (χ3n) is 3.46. The maximum absolute atomic E-state index is 5.18. The molecule has 1 aromatic rings. The number of piperidine rings is 1. The van der Waals surface area contributed by atoms with E-state index in [0.29, 0.717) is 6.04 Å². The molecule has 1 atom stereocenters. The van der Waals surface area contributed by atoms with Crippen molar-refractivity contribution in [2.45, 2.75) is 52.1 Å². The first-order valence-corrected chi connectivity index (χ1v) is 7.09. The molecule has 0 saturated carbocycles. The minimum Gasteiger partial charge on any atom is -0.339 e. The van der Waals surface area contributed by atoms with Gasteiger partial charge in [0.2, 0.25) is 5.89 Å². The van der Waals surface area contributed by atoms with Gasteiger partial charge in [-0.1, -0.05) is 19.0 Å². The summed E-state index contributed by atoms with van der Waals surface area (Å²) in [6.45, 7) is 8.40. The molecule has 5 heteroatoms. The van der Waals surface area contributed by atoms with Crippen molar-refractivity contribution in [3.8, 4) is 0 Å². The topological polar surface area (TPSA) is 54.2 Å². The first-order valence-electron chi connectivity index (χ1n) is 7.09. The molecule has 5 nitrogen and oxygen atoms in total. The van der Waals surface area contributed by atoms with Crippen LogP contribution in [0.5, 0.6) is 0 Å². The van der Waals surface area contributed by atoms with Crippen LogP contribution in [0.15, 0.2) is 4.52 Å². The average molecular weight is 252 g/mol. The molecule has 2 heterocycles. The van der Waals surface area contributed by atoms with Crippen LogP contribution in [0.1, 0.15) is 44.8 Å². The summed E-state index contributed by atoms with van der Waals surface area (Å²) >= 11 is 0. The van der Waals surface area contributed by atoms with E-state index in [9.17, 15) is 0 Å². The Morgan fingerprint density at radius 1 is 1.44 bits per heavy atom. The van der Waals surface area contributed by atoms with Gasteiger partial charge in [0, 0.05) is 19.0 Å². The molecule has 0 amide bonds. The van der Waals surface area contributed by atoms with Gasteiger partial charge in [-0.15, -0.1) is 0 Å². The van der Waals surface area contributed by atoms with Gasteiger partial charge < -0.3 is 9.84 Å². The highest BCUT2D eigenvalue weighted by Gasteiger charge is 2.21. The third kappa shape index (κ3) is 3.53. The molecular weight excluding hydrogens is 228 g/mol. The minimum absolute atomic E-state index is 0.613. The van der Waals surface area contributed by atoms with Crippen LogP contribution in [0.4, 0.5) is 0 Å². The van der Waals surface area contributed by atoms with Gasteiger partial charge in [0.05, 0.1) is 6.54 Å². The van der Waals surface area contributed by atoms with E-state index >= 15 is 0 Å². The molecule has 102 valence electrons. The van der Waals surface area contributed by atoms with E-state index in [4.69, 9.17) is 4.52 Å². The van der Waals surface area contributed by atoms with Crippen molar-refractivity contribution >= 4 is 0 Å². The second-order valence-electron chi connectivity index (χ2n) is 4.93. The SMILES string of the molecule is CCCN(Cc1noc(CC)n1)C1CCCNC1. The molecule has 0 aliphatic carbocycles. The van der Waals surface area contributed by atoms with Crippen LogP contribution < -0.4 is 5.32 Å². The lowest BCUT2D eigenvalue weighted by molar-refractivity contribution is 0.153. The van der Waals surface area contributed by atoms with Crippen LogP contribution in [0.3, 0.4) is 0 Å². The fourth-order valence-electron chi connectivity index (χ4n) is 2.50. The van der Waals surface area contributed by atoms with Crippen molar-refractivity contribution < 1.29 is 4.52 Å². The fraction of sp³-hybridized carbons (Fsp3) is 0.846. The Bertz CT molecular complexity index is 347. The molecule has 0 bridgehead atoms. The predicted octanol–water partition coefficient (Wildman–Crippen LogP) is 1.60. The molecule has 0 aromatic carbocycles. The molecule has 0 radical (unpaired) electrons. The van der Waals surface area contributed by atoms with E-state index in [1.54, 1.807) is 0 Å². The summed E-state index contributed by atoms with van der Waals surface area (Å²) in [4.78, 5) is 6.89. The van der Waals surface area contributed by atoms with Gasteiger partial charge in [0.25, 0.3) is 0 Å². The zero-order valence-corrected chi connectivity index (χ0v) is 11.5. The van der Waals surface area contributed by atoms with Crippen molar-refractivity contribution in [2.75, 3.05) is 19.6 Å². The number of nitrogens with one attached hydrogen (secondary N) is 1. The van der Waals surface area contributed by atoms with E-state index in [0.717, 1.165) is 50.7 Å². The molecule has 1 saturated heterocycles. The Labute approximate surface area is 109 Å². The van der Waals surface area contributed by atoms with E-state index in [-0.39, 0.29) is 0 Å². The second-order valence-corrected chi connectivity index (χ2v) is 4.93. The Kier molecular flexibility index (Phi) is 5.13. The number of aromatic nitrogens is 2. The molecule has 0 spiro atoms. The summed E-state index contributed by atoms with van der Waals surface area (Å²) in [5.74, 6) is 1.56. The standard InChI is InChI=1S/C13H24N4O/c1-3-8-17(11-6-5-7-14-9-11)10-12-15-13(4-2)18-16-12/h11,14H,3-10H2,1-2H3. The van der Waals surface area contributed by atoms with Crippen molar-refractivity contribution in [1.82, 2.24) is 20.4 Å². The number of hydrogen-bond donors (Lipinski definition) is 1. The second kappa shape index (κ2) is 6.85. The molecule has 1 aliphatic rings. The molecule has 1 N–H and O–H groups in total. The number of aryl methyl sites for hydroxylation is 1. The van der Waals surface area contributed by atoms with Gasteiger partial charge in [-0.3, -0.25) is 4.90 Å². The zero-order valence-electron chi connectivity index (χ0n) is 11.5. The number of rotatable bonds is 6. The van der Waals surface area contributed by atoms with Gasteiger partial charge in [-0.05, 0) is 32.4 Å². The predicted molar refractivity (Wildman–Crippen MR) is 70.3 cm³/mol. The van der Waals surface area contributed by atoms with Gasteiger partial charge in [0.1, 0.15) is 0 Å². The molecule has 1 aliphatic heterocycles. The minimum atomic E-state index is 0.613. The molecule has 1 fully saturated rings. The Morgan fingerprint density at radius 2 is 2.33 bits per heavy atom. The number of nitrogens with zero attached hydrogens (tertiary/aromatic N) is 3. The van der Waals surface area contributed by atoms with Gasteiger partial charge >= 0.3 is 0 Å². The van der Waals surface area contributed by atoms with Gasteiger partial charge in [0.15, 0.2) is 5.82 Å². The Morgan fingerprint density at radius 3 is 2.94 bits per heavy atom. The highest BCUT2D eigenvalue weighted by molar-refractivity contribution is 4.88. The van der Waals surface area contributed by atoms with E-state index in [2.05, 4.69) is 27.3 Å². The number of hydrogen-bond acceptors (Lipinski definition) is 5. The van der Waals surface area contributed by atoms with Crippen molar-refractivity contribution in [2.24, 2.45) is 0 Å². The zero-order chi connectivity index (χ0) is 12.8. The van der Waals surface area contributed by atoms with Gasteiger partial charge in [-0.25, -0.2) is 0 Å². The van der Waals surface area contributed by atoms with Crippen molar-refractivity contribution in [1.29, 1.82) is 0 Å². The van der Waals surface area contributed by atoms with E-state index < -0.39 is 0 Å². The summed E-state index contributed by atoms with van der Waals surface area (Å²) in [7, 11) is 0. The highest BCUT2D eigenvalue weighted by Crippen LogP contribution is 2.13. The van der Waals surface area contributed by atoms with Crippen LogP contribution in [-0.4, -0.2) is 40.7 Å². The Balaban J connectivity index is 1.95. The third-order valence-corrected chi connectivity index (χ3v) is 3.46. The summed E-state index contributed by atoms with van der Waals surface area (Å²) < 4.78 is 5.18. The molecule has 1 aromatic heterocycles. The van der Waals surface area contributed by atoms with Crippen LogP contribution >= 0.6 is 0 Å². The lowest BCUT2D eigenvalue weighted by Gasteiger charge is -2.33. The first-order chi connectivity index (χ1) is 8.83. The molecule has 18 heavy (non-hydrogen) atoms. The van der Waals surface area contributed by atoms with Crippen LogP contribution in [0.2, 0.25) is 0 Å². The molecule has 2 rings (SSSR count). The monoisotopic (exact) mass is 252 g/mol. The molecule has 1 unspecified atom stereocenters. The van der Waals surface area contributed by atoms with Crippen molar-refractivity contribution in [3.05, 3.63) is 11.7 Å². The van der Waals surface area contributed by atoms with E-state index in [1.165, 1.54) is 12.8 Å². The summed E-state index contributed by atoms with van der Waals surface area (Å²) in [6.07, 6.45) is 4.50.